The minimum Gasteiger partial charge on any atom is -0.444 e. The van der Waals surface area contributed by atoms with Crippen LogP contribution in [0.25, 0.3) is 0 Å². The lowest BCUT2D eigenvalue weighted by Crippen LogP contribution is -2.36. The Morgan fingerprint density at radius 2 is 1.18 bits per heavy atom. The van der Waals surface area contributed by atoms with Crippen LogP contribution in [0.1, 0.15) is 20.8 Å². The molecule has 0 aliphatic carbocycles. The third-order valence-corrected chi connectivity index (χ3v) is 3.51. The Kier molecular flexibility index (Phi) is 14.4. The van der Waals surface area contributed by atoms with Crippen LogP contribution >= 0.6 is 0 Å². The van der Waals surface area contributed by atoms with E-state index in [0.29, 0.717) is 52.8 Å². The number of hydrogen-bond donors (Lipinski definition) is 0. The lowest BCUT2D eigenvalue weighted by atomic mass is 10.2. The van der Waals surface area contributed by atoms with Crippen LogP contribution in [0.4, 0.5) is 4.79 Å². The summed E-state index contributed by atoms with van der Waals surface area (Å²) in [5, 5.41) is 0. The Balaban J connectivity index is 3.33. The van der Waals surface area contributed by atoms with Gasteiger partial charge in [-0.1, -0.05) is 0 Å². The molecule has 0 aromatic rings. The maximum atomic E-state index is 11.7. The van der Waals surface area contributed by atoms with Crippen molar-refractivity contribution in [3.8, 4) is 0 Å². The molecule has 0 atom stereocenters. The van der Waals surface area contributed by atoms with Gasteiger partial charge in [-0.2, -0.15) is 8.42 Å². The van der Waals surface area contributed by atoms with Crippen LogP contribution in [0.2, 0.25) is 0 Å². The van der Waals surface area contributed by atoms with Gasteiger partial charge in [0.1, 0.15) is 5.60 Å². The molecule has 0 aliphatic rings. The SMILES string of the molecule is CN(CCOCCOCCOCCOCCOS(C)(=O)=O)C(=O)OC(C)(C)C. The number of carbonyl (C=O) groups excluding carboxylic acids is 1. The van der Waals surface area contributed by atoms with Gasteiger partial charge < -0.3 is 28.6 Å². The molecule has 11 heteroatoms. The third kappa shape index (κ3) is 19.8. The summed E-state index contributed by atoms with van der Waals surface area (Å²) in [7, 11) is -1.76. The number of carbonyl (C=O) groups is 1. The molecule has 0 aromatic carbocycles. The zero-order valence-corrected chi connectivity index (χ0v) is 18.4. The van der Waals surface area contributed by atoms with Gasteiger partial charge in [0, 0.05) is 13.6 Å². The fourth-order valence-corrected chi connectivity index (χ4v) is 2.01. The van der Waals surface area contributed by atoms with E-state index >= 15 is 0 Å². The molecular formula is C17H35NO9S. The Morgan fingerprint density at radius 1 is 0.786 bits per heavy atom. The molecule has 0 saturated heterocycles. The Hall–Kier alpha value is -0.980. The largest absolute Gasteiger partial charge is 0.444 e. The second kappa shape index (κ2) is 14.9. The van der Waals surface area contributed by atoms with Crippen molar-refractivity contribution in [1.82, 2.24) is 4.90 Å². The highest BCUT2D eigenvalue weighted by atomic mass is 32.2. The van der Waals surface area contributed by atoms with Crippen molar-refractivity contribution < 1.29 is 41.1 Å². The number of amides is 1. The van der Waals surface area contributed by atoms with Crippen molar-refractivity contribution in [2.45, 2.75) is 26.4 Å². The van der Waals surface area contributed by atoms with E-state index in [4.69, 9.17) is 23.7 Å². The van der Waals surface area contributed by atoms with Crippen LogP contribution in [-0.4, -0.2) is 104 Å². The molecule has 0 radical (unpaired) electrons. The van der Waals surface area contributed by atoms with Crippen LogP contribution in [0.5, 0.6) is 0 Å². The Bertz CT molecular complexity index is 505. The third-order valence-electron chi connectivity index (χ3n) is 2.92. The van der Waals surface area contributed by atoms with E-state index in [2.05, 4.69) is 4.18 Å². The number of rotatable bonds is 16. The van der Waals surface area contributed by atoms with Crippen molar-refractivity contribution in [1.29, 1.82) is 0 Å². The van der Waals surface area contributed by atoms with Gasteiger partial charge in [0.2, 0.25) is 0 Å². The number of hydrogen-bond acceptors (Lipinski definition) is 9. The maximum Gasteiger partial charge on any atom is 0.410 e. The Labute approximate surface area is 168 Å². The molecule has 0 rings (SSSR count). The smallest absolute Gasteiger partial charge is 0.410 e. The predicted octanol–water partition coefficient (Wildman–Crippen LogP) is 0.896. The molecule has 0 spiro atoms. The number of nitrogens with zero attached hydrogens (tertiary/aromatic N) is 1. The molecule has 0 fully saturated rings. The lowest BCUT2D eigenvalue weighted by molar-refractivity contribution is -0.00765. The highest BCUT2D eigenvalue weighted by Gasteiger charge is 2.19. The lowest BCUT2D eigenvalue weighted by Gasteiger charge is -2.24. The minimum absolute atomic E-state index is 0.00445. The van der Waals surface area contributed by atoms with E-state index < -0.39 is 15.7 Å². The van der Waals surface area contributed by atoms with Gasteiger partial charge in [-0.05, 0) is 20.8 Å². The van der Waals surface area contributed by atoms with E-state index in [1.807, 2.05) is 20.8 Å². The van der Waals surface area contributed by atoms with Crippen LogP contribution in [0.15, 0.2) is 0 Å². The summed E-state index contributed by atoms with van der Waals surface area (Å²) >= 11 is 0. The molecule has 0 N–H and O–H groups in total. The predicted molar refractivity (Wildman–Crippen MR) is 103 cm³/mol. The molecule has 0 aliphatic heterocycles. The standard InChI is InChI=1S/C17H35NO9S/c1-17(2,3)27-16(19)18(4)6-7-22-8-9-23-10-11-24-12-13-25-14-15-26-28(5,20)21/h6-15H2,1-5H3. The molecule has 0 bridgehead atoms. The summed E-state index contributed by atoms with van der Waals surface area (Å²) in [4.78, 5) is 13.2. The van der Waals surface area contributed by atoms with Gasteiger partial charge >= 0.3 is 6.09 Å². The van der Waals surface area contributed by atoms with Crippen LogP contribution in [0.3, 0.4) is 0 Å². The van der Waals surface area contributed by atoms with Crippen molar-refractivity contribution in [3.63, 3.8) is 0 Å². The summed E-state index contributed by atoms with van der Waals surface area (Å²) in [5.41, 5.74) is -0.513. The second-order valence-electron chi connectivity index (χ2n) is 6.88. The quantitative estimate of drug-likeness (QED) is 0.261. The van der Waals surface area contributed by atoms with Crippen LogP contribution < -0.4 is 0 Å². The van der Waals surface area contributed by atoms with E-state index in [0.717, 1.165) is 6.26 Å². The normalized spacial score (nSPS) is 12.2. The average molecular weight is 430 g/mol. The molecule has 0 heterocycles. The minimum atomic E-state index is -3.42. The second-order valence-corrected chi connectivity index (χ2v) is 8.52. The molecule has 1 amide bonds. The van der Waals surface area contributed by atoms with Crippen LogP contribution in [-0.2, 0) is 38.0 Å². The first-order valence-corrected chi connectivity index (χ1v) is 10.9. The van der Waals surface area contributed by atoms with Gasteiger partial charge in [-0.3, -0.25) is 4.18 Å². The topological polar surface area (TPSA) is 110 Å². The first kappa shape index (κ1) is 27.0. The number of likely N-dealkylation sites (N-methyl/N-ethyl adjacent to an activating group) is 1. The molecule has 28 heavy (non-hydrogen) atoms. The van der Waals surface area contributed by atoms with Gasteiger partial charge in [0.25, 0.3) is 10.1 Å². The zero-order valence-electron chi connectivity index (χ0n) is 17.6. The average Bonchev–Trinajstić information content (AvgIpc) is 2.55. The molecule has 0 saturated carbocycles. The van der Waals surface area contributed by atoms with Gasteiger partial charge in [-0.25, -0.2) is 4.79 Å². The zero-order chi connectivity index (χ0) is 21.5. The molecule has 0 unspecified atom stereocenters. The Morgan fingerprint density at radius 3 is 1.57 bits per heavy atom. The molecule has 10 nitrogen and oxygen atoms in total. The van der Waals surface area contributed by atoms with E-state index in [1.165, 1.54) is 4.90 Å². The van der Waals surface area contributed by atoms with Crippen molar-refractivity contribution in [2.24, 2.45) is 0 Å². The highest BCUT2D eigenvalue weighted by molar-refractivity contribution is 7.85. The van der Waals surface area contributed by atoms with Gasteiger partial charge in [0.15, 0.2) is 0 Å². The monoisotopic (exact) mass is 429 g/mol. The highest BCUT2D eigenvalue weighted by Crippen LogP contribution is 2.08. The van der Waals surface area contributed by atoms with Gasteiger partial charge in [-0.15, -0.1) is 0 Å². The summed E-state index contributed by atoms with van der Waals surface area (Å²) in [6.07, 6.45) is 0.611. The van der Waals surface area contributed by atoms with Crippen molar-refractivity contribution >= 4 is 16.2 Å². The van der Waals surface area contributed by atoms with Crippen molar-refractivity contribution in [3.05, 3.63) is 0 Å². The van der Waals surface area contributed by atoms with Gasteiger partial charge in [0.05, 0.1) is 65.7 Å². The first-order valence-electron chi connectivity index (χ1n) is 9.11. The summed E-state index contributed by atoms with van der Waals surface area (Å²) in [5.74, 6) is 0. The molecule has 0 aromatic heterocycles. The van der Waals surface area contributed by atoms with Crippen molar-refractivity contribution in [2.75, 3.05) is 79.3 Å². The summed E-state index contributed by atoms with van der Waals surface area (Å²) in [6, 6.07) is 0. The summed E-state index contributed by atoms with van der Waals surface area (Å²) in [6.45, 7) is 8.91. The summed E-state index contributed by atoms with van der Waals surface area (Å²) < 4.78 is 52.4. The van der Waals surface area contributed by atoms with E-state index in [1.54, 1.807) is 7.05 Å². The number of ether oxygens (including phenoxy) is 5. The molecule has 168 valence electrons. The fourth-order valence-electron chi connectivity index (χ4n) is 1.64. The first-order chi connectivity index (χ1) is 13.0. The molecular weight excluding hydrogens is 394 g/mol. The van der Waals surface area contributed by atoms with Crippen LogP contribution in [0, 0.1) is 0 Å². The van der Waals surface area contributed by atoms with E-state index in [-0.39, 0.29) is 19.3 Å². The maximum absolute atomic E-state index is 11.7. The fraction of sp³-hybridized carbons (Fsp3) is 0.941. The van der Waals surface area contributed by atoms with E-state index in [9.17, 15) is 13.2 Å².